The van der Waals surface area contributed by atoms with Gasteiger partial charge in [-0.15, -0.1) is 12.4 Å². The standard InChI is InChI=1S/C16H23FN2O2.ClH/c1-16(11-18)8-9-19(12-16)15(20)7-4-10-21-14-6-3-2-5-13(14)17;/h2-3,5-6H,4,7-12,18H2,1H3;1H. The maximum absolute atomic E-state index is 13.3. The summed E-state index contributed by atoms with van der Waals surface area (Å²) in [6.07, 6.45) is 1.97. The summed E-state index contributed by atoms with van der Waals surface area (Å²) in [7, 11) is 0. The minimum absolute atomic E-state index is 0. The second kappa shape index (κ2) is 8.34. The third-order valence-electron chi connectivity index (χ3n) is 4.03. The van der Waals surface area contributed by atoms with Crippen molar-refractivity contribution in [3.05, 3.63) is 30.1 Å². The summed E-state index contributed by atoms with van der Waals surface area (Å²) in [6.45, 7) is 4.57. The fraction of sp³-hybridized carbons (Fsp3) is 0.562. The first-order valence-corrected chi connectivity index (χ1v) is 7.39. The van der Waals surface area contributed by atoms with E-state index in [1.54, 1.807) is 18.2 Å². The lowest BCUT2D eigenvalue weighted by atomic mass is 9.90. The molecule has 0 saturated carbocycles. The molecule has 1 aromatic carbocycles. The Morgan fingerprint density at radius 1 is 1.45 bits per heavy atom. The van der Waals surface area contributed by atoms with Crippen molar-refractivity contribution in [2.24, 2.45) is 11.1 Å². The minimum Gasteiger partial charge on any atom is -0.491 e. The van der Waals surface area contributed by atoms with Gasteiger partial charge in [0.05, 0.1) is 6.61 Å². The maximum atomic E-state index is 13.3. The van der Waals surface area contributed by atoms with Crippen molar-refractivity contribution < 1.29 is 13.9 Å². The summed E-state index contributed by atoms with van der Waals surface area (Å²) >= 11 is 0. The van der Waals surface area contributed by atoms with Gasteiger partial charge in [0.1, 0.15) is 0 Å². The molecule has 0 aromatic heterocycles. The van der Waals surface area contributed by atoms with Gasteiger partial charge in [0, 0.05) is 19.5 Å². The van der Waals surface area contributed by atoms with Crippen LogP contribution >= 0.6 is 12.4 Å². The van der Waals surface area contributed by atoms with Gasteiger partial charge in [0.2, 0.25) is 5.91 Å². The minimum atomic E-state index is -0.373. The van der Waals surface area contributed by atoms with E-state index in [1.807, 2.05) is 4.90 Å². The van der Waals surface area contributed by atoms with Gasteiger partial charge in [-0.3, -0.25) is 4.79 Å². The molecule has 1 amide bonds. The Kier molecular flexibility index (Phi) is 7.10. The fourth-order valence-corrected chi connectivity index (χ4v) is 2.53. The molecule has 22 heavy (non-hydrogen) atoms. The van der Waals surface area contributed by atoms with Gasteiger partial charge in [-0.05, 0) is 36.9 Å². The van der Waals surface area contributed by atoms with E-state index in [9.17, 15) is 9.18 Å². The summed E-state index contributed by atoms with van der Waals surface area (Å²) in [6, 6.07) is 6.29. The number of carbonyl (C=O) groups is 1. The van der Waals surface area contributed by atoms with Gasteiger partial charge < -0.3 is 15.4 Å². The maximum Gasteiger partial charge on any atom is 0.222 e. The molecule has 1 aliphatic heterocycles. The van der Waals surface area contributed by atoms with Gasteiger partial charge in [0.15, 0.2) is 11.6 Å². The molecule has 4 nitrogen and oxygen atoms in total. The predicted octanol–water partition coefficient (Wildman–Crippen LogP) is 2.60. The Bertz CT molecular complexity index is 501. The number of ether oxygens (including phenoxy) is 1. The van der Waals surface area contributed by atoms with E-state index in [4.69, 9.17) is 10.5 Å². The summed E-state index contributed by atoms with van der Waals surface area (Å²) in [4.78, 5) is 14.0. The van der Waals surface area contributed by atoms with Gasteiger partial charge in [-0.25, -0.2) is 4.39 Å². The van der Waals surface area contributed by atoms with Crippen molar-refractivity contribution in [1.82, 2.24) is 4.90 Å². The number of nitrogens with two attached hydrogens (primary N) is 1. The quantitative estimate of drug-likeness (QED) is 0.816. The Balaban J connectivity index is 0.00000242. The molecule has 6 heteroatoms. The lowest BCUT2D eigenvalue weighted by Crippen LogP contribution is -2.34. The molecule has 2 N–H and O–H groups in total. The number of para-hydroxylation sites is 1. The molecule has 124 valence electrons. The number of halogens is 2. The van der Waals surface area contributed by atoms with Crippen LogP contribution in [0.25, 0.3) is 0 Å². The number of rotatable bonds is 6. The summed E-state index contributed by atoms with van der Waals surface area (Å²) in [5.41, 5.74) is 5.79. The number of hydrogen-bond donors (Lipinski definition) is 1. The molecule has 1 aromatic rings. The molecule has 0 bridgehead atoms. The molecule has 1 fully saturated rings. The number of benzene rings is 1. The number of hydrogen-bond acceptors (Lipinski definition) is 3. The SMILES string of the molecule is CC1(CN)CCN(C(=O)CCCOc2ccccc2F)C1.Cl. The van der Waals surface area contributed by atoms with Crippen molar-refractivity contribution in [3.63, 3.8) is 0 Å². The summed E-state index contributed by atoms with van der Waals surface area (Å²) in [5, 5.41) is 0. The highest BCUT2D eigenvalue weighted by Crippen LogP contribution is 2.28. The van der Waals surface area contributed by atoms with Gasteiger partial charge >= 0.3 is 0 Å². The van der Waals surface area contributed by atoms with Gasteiger partial charge in [0.25, 0.3) is 0 Å². The molecule has 0 radical (unpaired) electrons. The lowest BCUT2D eigenvalue weighted by molar-refractivity contribution is -0.130. The van der Waals surface area contributed by atoms with Gasteiger partial charge in [-0.2, -0.15) is 0 Å². The van der Waals surface area contributed by atoms with E-state index in [0.29, 0.717) is 26.0 Å². The first-order valence-electron chi connectivity index (χ1n) is 7.39. The van der Waals surface area contributed by atoms with Crippen molar-refractivity contribution in [2.45, 2.75) is 26.2 Å². The van der Waals surface area contributed by atoms with E-state index in [-0.39, 0.29) is 35.3 Å². The Labute approximate surface area is 137 Å². The lowest BCUT2D eigenvalue weighted by Gasteiger charge is -2.22. The third kappa shape index (κ3) is 4.85. The number of amides is 1. The monoisotopic (exact) mass is 330 g/mol. The zero-order valence-electron chi connectivity index (χ0n) is 12.9. The normalized spacial score (nSPS) is 20.6. The van der Waals surface area contributed by atoms with Crippen LogP contribution in [-0.2, 0) is 4.79 Å². The van der Waals surface area contributed by atoms with Crippen LogP contribution in [0, 0.1) is 11.2 Å². The van der Waals surface area contributed by atoms with E-state index < -0.39 is 0 Å². The molecule has 1 unspecified atom stereocenters. The largest absolute Gasteiger partial charge is 0.491 e. The fourth-order valence-electron chi connectivity index (χ4n) is 2.53. The van der Waals surface area contributed by atoms with Crippen LogP contribution in [0.4, 0.5) is 4.39 Å². The molecule has 1 saturated heterocycles. The first kappa shape index (κ1) is 18.7. The number of nitrogens with zero attached hydrogens (tertiary/aromatic N) is 1. The second-order valence-electron chi connectivity index (χ2n) is 5.96. The highest BCUT2D eigenvalue weighted by atomic mass is 35.5. The van der Waals surface area contributed by atoms with E-state index in [2.05, 4.69) is 6.92 Å². The van der Waals surface area contributed by atoms with Crippen LogP contribution < -0.4 is 10.5 Å². The van der Waals surface area contributed by atoms with Crippen molar-refractivity contribution in [1.29, 1.82) is 0 Å². The van der Waals surface area contributed by atoms with Crippen LogP contribution in [0.2, 0.25) is 0 Å². The molecule has 0 aliphatic carbocycles. The Hall–Kier alpha value is -1.33. The second-order valence-corrected chi connectivity index (χ2v) is 5.96. The van der Waals surface area contributed by atoms with Crippen LogP contribution in [-0.4, -0.2) is 37.0 Å². The van der Waals surface area contributed by atoms with Crippen LogP contribution in [0.3, 0.4) is 0 Å². The number of likely N-dealkylation sites (tertiary alicyclic amines) is 1. The topological polar surface area (TPSA) is 55.6 Å². The highest BCUT2D eigenvalue weighted by Gasteiger charge is 2.34. The smallest absolute Gasteiger partial charge is 0.222 e. The van der Waals surface area contributed by atoms with Crippen molar-refractivity contribution in [2.75, 3.05) is 26.2 Å². The molecule has 1 atom stereocenters. The average Bonchev–Trinajstić information content (AvgIpc) is 2.88. The third-order valence-corrected chi connectivity index (χ3v) is 4.03. The number of carbonyl (C=O) groups excluding carboxylic acids is 1. The molecular formula is C16H24ClFN2O2. The zero-order chi connectivity index (χ0) is 15.3. The molecule has 1 aliphatic rings. The molecule has 1 heterocycles. The average molecular weight is 331 g/mol. The molecule has 0 spiro atoms. The Morgan fingerprint density at radius 3 is 2.82 bits per heavy atom. The molecule has 2 rings (SSSR count). The van der Waals surface area contributed by atoms with Crippen molar-refractivity contribution in [3.8, 4) is 5.75 Å². The summed E-state index contributed by atoms with van der Waals surface area (Å²) < 4.78 is 18.7. The first-order chi connectivity index (χ1) is 10.0. The zero-order valence-corrected chi connectivity index (χ0v) is 13.7. The van der Waals surface area contributed by atoms with Crippen LogP contribution in [0.5, 0.6) is 5.75 Å². The van der Waals surface area contributed by atoms with E-state index in [0.717, 1.165) is 19.5 Å². The van der Waals surface area contributed by atoms with Crippen LogP contribution in [0.1, 0.15) is 26.2 Å². The molecular weight excluding hydrogens is 307 g/mol. The Morgan fingerprint density at radius 2 is 2.18 bits per heavy atom. The van der Waals surface area contributed by atoms with Gasteiger partial charge in [-0.1, -0.05) is 19.1 Å². The summed E-state index contributed by atoms with van der Waals surface area (Å²) in [5.74, 6) is -0.00628. The van der Waals surface area contributed by atoms with Crippen molar-refractivity contribution >= 4 is 18.3 Å². The highest BCUT2D eigenvalue weighted by molar-refractivity contribution is 5.85. The predicted molar refractivity (Wildman–Crippen MR) is 86.7 cm³/mol. The van der Waals surface area contributed by atoms with E-state index in [1.165, 1.54) is 6.07 Å². The van der Waals surface area contributed by atoms with Crippen LogP contribution in [0.15, 0.2) is 24.3 Å². The van der Waals surface area contributed by atoms with E-state index >= 15 is 0 Å².